The molecule has 122 valence electrons. The molecule has 0 unspecified atom stereocenters. The first kappa shape index (κ1) is 16.3. The van der Waals surface area contributed by atoms with Crippen molar-refractivity contribution >= 4 is 33.5 Å². The van der Waals surface area contributed by atoms with E-state index in [1.165, 1.54) is 11.8 Å². The standard InChI is InChI=1S/C18H18N4OS/c1-11-7-12(2)9-13(8-11)20-18(19)24-10-16-21-15-6-4-3-5-14(15)17(23)22-16/h3-9H,10H2,1-2H3,(H2,19,20)(H,21,22,23). The molecule has 0 atom stereocenters. The van der Waals surface area contributed by atoms with Gasteiger partial charge in [-0.2, -0.15) is 0 Å². The molecule has 1 heterocycles. The molecular formula is C18H18N4OS. The molecule has 5 nitrogen and oxygen atoms in total. The Kier molecular flexibility index (Phi) is 4.66. The molecule has 3 aromatic rings. The second-order valence-corrected chi connectivity index (χ2v) is 6.61. The molecule has 0 aliphatic carbocycles. The number of nitrogens with two attached hydrogens (primary N) is 1. The third-order valence-electron chi connectivity index (χ3n) is 3.46. The number of aromatic amines is 1. The number of rotatable bonds is 3. The molecule has 0 aliphatic rings. The number of fused-ring (bicyclic) bond motifs is 1. The van der Waals surface area contributed by atoms with Crippen LogP contribution in [0.25, 0.3) is 10.9 Å². The van der Waals surface area contributed by atoms with Gasteiger partial charge < -0.3 is 10.7 Å². The summed E-state index contributed by atoms with van der Waals surface area (Å²) in [5.41, 5.74) is 9.66. The van der Waals surface area contributed by atoms with Crippen LogP contribution < -0.4 is 11.3 Å². The fourth-order valence-electron chi connectivity index (χ4n) is 2.52. The summed E-state index contributed by atoms with van der Waals surface area (Å²) in [7, 11) is 0. The van der Waals surface area contributed by atoms with Crippen LogP contribution in [0.2, 0.25) is 0 Å². The highest BCUT2D eigenvalue weighted by Crippen LogP contribution is 2.19. The first-order valence-corrected chi connectivity index (χ1v) is 8.53. The summed E-state index contributed by atoms with van der Waals surface area (Å²) in [6.07, 6.45) is 0. The average Bonchev–Trinajstić information content (AvgIpc) is 2.52. The molecule has 3 N–H and O–H groups in total. The third-order valence-corrected chi connectivity index (χ3v) is 4.27. The molecule has 0 amide bonds. The number of hydrogen-bond donors (Lipinski definition) is 2. The zero-order valence-electron chi connectivity index (χ0n) is 13.5. The zero-order valence-corrected chi connectivity index (χ0v) is 14.4. The smallest absolute Gasteiger partial charge is 0.258 e. The van der Waals surface area contributed by atoms with E-state index in [0.29, 0.717) is 27.6 Å². The van der Waals surface area contributed by atoms with E-state index in [-0.39, 0.29) is 5.56 Å². The average molecular weight is 338 g/mol. The predicted octanol–water partition coefficient (Wildman–Crippen LogP) is 3.42. The van der Waals surface area contributed by atoms with Gasteiger partial charge in [-0.25, -0.2) is 9.98 Å². The quantitative estimate of drug-likeness (QED) is 0.566. The molecule has 6 heteroatoms. The lowest BCUT2D eigenvalue weighted by atomic mass is 10.1. The van der Waals surface area contributed by atoms with Crippen molar-refractivity contribution in [3.8, 4) is 0 Å². The van der Waals surface area contributed by atoms with Crippen LogP contribution in [0.4, 0.5) is 5.69 Å². The number of thioether (sulfide) groups is 1. The van der Waals surface area contributed by atoms with Crippen LogP contribution >= 0.6 is 11.8 Å². The van der Waals surface area contributed by atoms with E-state index in [9.17, 15) is 4.79 Å². The predicted molar refractivity (Wildman–Crippen MR) is 101 cm³/mol. The Bertz CT molecular complexity index is 958. The number of benzene rings is 2. The Morgan fingerprint density at radius 2 is 1.92 bits per heavy atom. The van der Waals surface area contributed by atoms with Gasteiger partial charge in [-0.3, -0.25) is 4.79 Å². The largest absolute Gasteiger partial charge is 0.378 e. The van der Waals surface area contributed by atoms with Gasteiger partial charge >= 0.3 is 0 Å². The summed E-state index contributed by atoms with van der Waals surface area (Å²) < 4.78 is 0. The van der Waals surface area contributed by atoms with E-state index in [1.807, 2.05) is 44.2 Å². The normalized spacial score (nSPS) is 11.8. The highest BCUT2D eigenvalue weighted by Gasteiger charge is 2.05. The van der Waals surface area contributed by atoms with Crippen molar-refractivity contribution in [3.05, 3.63) is 69.8 Å². The molecule has 1 aromatic heterocycles. The SMILES string of the molecule is Cc1cc(C)cc(N=C(N)SCc2nc3ccccc3c(=O)[nH]2)c1. The summed E-state index contributed by atoms with van der Waals surface area (Å²) in [4.78, 5) is 23.7. The maximum atomic E-state index is 12.0. The van der Waals surface area contributed by atoms with Gasteiger partial charge in [0.1, 0.15) is 5.82 Å². The number of hydrogen-bond acceptors (Lipinski definition) is 4. The Labute approximate surface area is 144 Å². The lowest BCUT2D eigenvalue weighted by molar-refractivity contribution is 1.04. The van der Waals surface area contributed by atoms with Crippen LogP contribution in [0.3, 0.4) is 0 Å². The monoisotopic (exact) mass is 338 g/mol. The van der Waals surface area contributed by atoms with Crippen molar-refractivity contribution in [2.45, 2.75) is 19.6 Å². The summed E-state index contributed by atoms with van der Waals surface area (Å²) in [6.45, 7) is 4.05. The first-order valence-electron chi connectivity index (χ1n) is 7.54. The maximum Gasteiger partial charge on any atom is 0.258 e. The number of aliphatic imine (C=N–C) groups is 1. The van der Waals surface area contributed by atoms with Crippen LogP contribution in [-0.4, -0.2) is 15.1 Å². The van der Waals surface area contributed by atoms with Gasteiger partial charge in [0.2, 0.25) is 0 Å². The van der Waals surface area contributed by atoms with Crippen LogP contribution in [-0.2, 0) is 5.75 Å². The number of nitrogens with one attached hydrogen (secondary N) is 1. The second-order valence-electron chi connectivity index (χ2n) is 5.61. The van der Waals surface area contributed by atoms with Gasteiger partial charge in [0, 0.05) is 0 Å². The number of aromatic nitrogens is 2. The lowest BCUT2D eigenvalue weighted by Gasteiger charge is -2.04. The van der Waals surface area contributed by atoms with E-state index < -0.39 is 0 Å². The van der Waals surface area contributed by atoms with E-state index in [1.54, 1.807) is 6.07 Å². The van der Waals surface area contributed by atoms with E-state index in [2.05, 4.69) is 21.0 Å². The topological polar surface area (TPSA) is 84.1 Å². The molecule has 0 spiro atoms. The molecule has 0 saturated heterocycles. The summed E-state index contributed by atoms with van der Waals surface area (Å²) in [5, 5.41) is 1.03. The van der Waals surface area contributed by atoms with Crippen LogP contribution in [0.5, 0.6) is 0 Å². The van der Waals surface area contributed by atoms with Crippen LogP contribution in [0.15, 0.2) is 52.3 Å². The van der Waals surface area contributed by atoms with Crippen molar-refractivity contribution < 1.29 is 0 Å². The maximum absolute atomic E-state index is 12.0. The van der Waals surface area contributed by atoms with Crippen molar-refractivity contribution in [1.29, 1.82) is 0 Å². The van der Waals surface area contributed by atoms with Gasteiger partial charge in [-0.1, -0.05) is 30.0 Å². The van der Waals surface area contributed by atoms with Crippen LogP contribution in [0.1, 0.15) is 17.0 Å². The third kappa shape index (κ3) is 3.83. The summed E-state index contributed by atoms with van der Waals surface area (Å²) >= 11 is 1.35. The number of para-hydroxylation sites is 1. The number of aryl methyl sites for hydroxylation is 2. The Morgan fingerprint density at radius 1 is 1.21 bits per heavy atom. The second kappa shape index (κ2) is 6.88. The molecule has 3 rings (SSSR count). The fraction of sp³-hybridized carbons (Fsp3) is 0.167. The van der Waals surface area contributed by atoms with Crippen molar-refractivity contribution in [3.63, 3.8) is 0 Å². The minimum atomic E-state index is -0.138. The Hall–Kier alpha value is -2.60. The summed E-state index contributed by atoms with van der Waals surface area (Å²) in [6, 6.07) is 13.3. The van der Waals surface area contributed by atoms with Gasteiger partial charge in [0.05, 0.1) is 22.3 Å². The zero-order chi connectivity index (χ0) is 17.1. The Morgan fingerprint density at radius 3 is 2.67 bits per heavy atom. The number of H-pyrrole nitrogens is 1. The first-order chi connectivity index (χ1) is 11.5. The molecular weight excluding hydrogens is 320 g/mol. The lowest BCUT2D eigenvalue weighted by Crippen LogP contribution is -2.13. The molecule has 0 saturated carbocycles. The van der Waals surface area contributed by atoms with Crippen molar-refractivity contribution in [1.82, 2.24) is 9.97 Å². The minimum Gasteiger partial charge on any atom is -0.378 e. The molecule has 0 bridgehead atoms. The minimum absolute atomic E-state index is 0.138. The van der Waals surface area contributed by atoms with Gasteiger partial charge in [0.15, 0.2) is 5.17 Å². The van der Waals surface area contributed by atoms with Gasteiger partial charge in [0.25, 0.3) is 5.56 Å². The molecule has 0 aliphatic heterocycles. The highest BCUT2D eigenvalue weighted by molar-refractivity contribution is 8.13. The molecule has 2 aromatic carbocycles. The summed E-state index contributed by atoms with van der Waals surface area (Å²) in [5.74, 6) is 1.04. The van der Waals surface area contributed by atoms with E-state index >= 15 is 0 Å². The van der Waals surface area contributed by atoms with Gasteiger partial charge in [-0.15, -0.1) is 0 Å². The van der Waals surface area contributed by atoms with Gasteiger partial charge in [-0.05, 0) is 49.2 Å². The van der Waals surface area contributed by atoms with Crippen molar-refractivity contribution in [2.75, 3.05) is 0 Å². The molecule has 0 fully saturated rings. The van der Waals surface area contributed by atoms with Crippen LogP contribution in [0, 0.1) is 13.8 Å². The fourth-order valence-corrected chi connectivity index (χ4v) is 3.11. The Balaban J connectivity index is 1.77. The number of nitrogens with zero attached hydrogens (tertiary/aromatic N) is 2. The number of amidine groups is 1. The van der Waals surface area contributed by atoms with E-state index in [4.69, 9.17) is 5.73 Å². The van der Waals surface area contributed by atoms with E-state index in [0.717, 1.165) is 16.8 Å². The molecule has 24 heavy (non-hydrogen) atoms. The molecule has 0 radical (unpaired) electrons. The van der Waals surface area contributed by atoms with Crippen molar-refractivity contribution in [2.24, 2.45) is 10.7 Å². The highest BCUT2D eigenvalue weighted by atomic mass is 32.2.